The van der Waals surface area contributed by atoms with Gasteiger partial charge in [-0.25, -0.2) is 0 Å². The summed E-state index contributed by atoms with van der Waals surface area (Å²) in [5, 5.41) is 9.11. The minimum Gasteiger partial charge on any atom is -0.395 e. The van der Waals surface area contributed by atoms with Gasteiger partial charge in [-0.1, -0.05) is 24.4 Å². The molecule has 0 radical (unpaired) electrons. The maximum atomic E-state index is 12.1. The highest BCUT2D eigenvalue weighted by atomic mass is 35.5. The molecule has 1 fully saturated rings. The van der Waals surface area contributed by atoms with Crippen LogP contribution in [-0.4, -0.2) is 41.5 Å². The van der Waals surface area contributed by atoms with E-state index in [-0.39, 0.29) is 12.4 Å². The molecular weight excluding hydrogens is 270 g/mol. The fraction of sp³-hybridized carbons (Fsp3) is 0.615. The third kappa shape index (κ3) is 3.54. The van der Waals surface area contributed by atoms with E-state index >= 15 is 0 Å². The Morgan fingerprint density at radius 1 is 1.44 bits per heavy atom. The fourth-order valence-electron chi connectivity index (χ4n) is 2.52. The molecule has 1 N–H and O–H groups in total. The van der Waals surface area contributed by atoms with Gasteiger partial charge in [0, 0.05) is 12.6 Å². The molecule has 1 aliphatic rings. The van der Waals surface area contributed by atoms with Crippen LogP contribution in [-0.2, 0) is 0 Å². The lowest BCUT2D eigenvalue weighted by atomic mass is 10.2. The summed E-state index contributed by atoms with van der Waals surface area (Å²) in [4.78, 5) is 15.0. The van der Waals surface area contributed by atoms with E-state index < -0.39 is 0 Å². The van der Waals surface area contributed by atoms with Gasteiger partial charge in [0.15, 0.2) is 5.78 Å². The Kier molecular flexibility index (Phi) is 5.18. The van der Waals surface area contributed by atoms with Crippen molar-refractivity contribution in [1.82, 2.24) is 4.90 Å². The van der Waals surface area contributed by atoms with Gasteiger partial charge in [0.25, 0.3) is 0 Å². The third-order valence-electron chi connectivity index (χ3n) is 3.42. The van der Waals surface area contributed by atoms with Crippen LogP contribution in [0.1, 0.15) is 35.4 Å². The highest BCUT2D eigenvalue weighted by molar-refractivity contribution is 7.18. The largest absolute Gasteiger partial charge is 0.395 e. The van der Waals surface area contributed by atoms with Crippen molar-refractivity contribution in [3.63, 3.8) is 0 Å². The molecular formula is C13H18ClNO2S. The van der Waals surface area contributed by atoms with Crippen molar-refractivity contribution >= 4 is 28.7 Å². The standard InChI is InChI=1S/C13H18ClNO2S/c14-13-6-5-12(18-13)11(17)9-15(7-8-16)10-3-1-2-4-10/h5-6,10,16H,1-4,7-9H2. The van der Waals surface area contributed by atoms with Gasteiger partial charge in [0.2, 0.25) is 0 Å². The number of aliphatic hydroxyl groups excluding tert-OH is 1. The lowest BCUT2D eigenvalue weighted by Gasteiger charge is -2.27. The Morgan fingerprint density at radius 3 is 2.72 bits per heavy atom. The van der Waals surface area contributed by atoms with Crippen molar-refractivity contribution in [1.29, 1.82) is 0 Å². The topological polar surface area (TPSA) is 40.5 Å². The van der Waals surface area contributed by atoms with Crippen LogP contribution in [0.2, 0.25) is 4.34 Å². The first-order chi connectivity index (χ1) is 8.70. The van der Waals surface area contributed by atoms with Crippen molar-refractivity contribution in [2.24, 2.45) is 0 Å². The number of thiophene rings is 1. The van der Waals surface area contributed by atoms with Crippen LogP contribution < -0.4 is 0 Å². The first kappa shape index (κ1) is 14.0. The number of carbonyl (C=O) groups excluding carboxylic acids is 1. The maximum absolute atomic E-state index is 12.1. The van der Waals surface area contributed by atoms with E-state index in [0.29, 0.717) is 28.3 Å². The zero-order valence-corrected chi connectivity index (χ0v) is 11.8. The number of nitrogens with zero attached hydrogens (tertiary/aromatic N) is 1. The molecule has 1 saturated carbocycles. The number of ketones is 1. The fourth-order valence-corrected chi connectivity index (χ4v) is 3.49. The number of Topliss-reactive ketones (excluding diaryl/α,β-unsaturated/α-hetero) is 1. The molecule has 3 nitrogen and oxygen atoms in total. The lowest BCUT2D eigenvalue weighted by Crippen LogP contribution is -2.39. The van der Waals surface area contributed by atoms with Gasteiger partial charge >= 0.3 is 0 Å². The van der Waals surface area contributed by atoms with Crippen molar-refractivity contribution in [2.75, 3.05) is 19.7 Å². The molecule has 0 unspecified atom stereocenters. The van der Waals surface area contributed by atoms with E-state index in [0.717, 1.165) is 12.8 Å². The van der Waals surface area contributed by atoms with Crippen LogP contribution in [0.15, 0.2) is 12.1 Å². The van der Waals surface area contributed by atoms with Crippen LogP contribution in [0.3, 0.4) is 0 Å². The smallest absolute Gasteiger partial charge is 0.186 e. The molecule has 0 aliphatic heterocycles. The average Bonchev–Trinajstić information content (AvgIpc) is 2.98. The molecule has 0 bridgehead atoms. The van der Waals surface area contributed by atoms with E-state index in [1.54, 1.807) is 12.1 Å². The summed E-state index contributed by atoms with van der Waals surface area (Å²) in [5.41, 5.74) is 0. The number of aliphatic hydroxyl groups is 1. The second-order valence-electron chi connectivity index (χ2n) is 4.66. The summed E-state index contributed by atoms with van der Waals surface area (Å²) in [5.74, 6) is 0.104. The predicted molar refractivity (Wildman–Crippen MR) is 74.6 cm³/mol. The van der Waals surface area contributed by atoms with E-state index in [2.05, 4.69) is 4.90 Å². The second-order valence-corrected chi connectivity index (χ2v) is 6.37. The maximum Gasteiger partial charge on any atom is 0.186 e. The summed E-state index contributed by atoms with van der Waals surface area (Å²) < 4.78 is 0.646. The lowest BCUT2D eigenvalue weighted by molar-refractivity contribution is 0.0866. The molecule has 18 heavy (non-hydrogen) atoms. The Hall–Kier alpha value is -0.420. The number of carbonyl (C=O) groups is 1. The Balaban J connectivity index is 1.97. The number of rotatable bonds is 6. The molecule has 1 aromatic rings. The molecule has 1 aromatic heterocycles. The molecule has 100 valence electrons. The molecule has 0 atom stereocenters. The first-order valence-corrected chi connectivity index (χ1v) is 7.53. The van der Waals surface area contributed by atoms with E-state index in [1.165, 1.54) is 24.2 Å². The molecule has 2 rings (SSSR count). The molecule has 0 aromatic carbocycles. The molecule has 0 amide bonds. The molecule has 0 saturated heterocycles. The highest BCUT2D eigenvalue weighted by Gasteiger charge is 2.24. The van der Waals surface area contributed by atoms with Crippen molar-refractivity contribution in [3.05, 3.63) is 21.3 Å². The summed E-state index contributed by atoms with van der Waals surface area (Å²) in [6.45, 7) is 1.08. The van der Waals surface area contributed by atoms with Gasteiger partial charge in [-0.05, 0) is 25.0 Å². The summed E-state index contributed by atoms with van der Waals surface area (Å²) in [6, 6.07) is 3.99. The quantitative estimate of drug-likeness (QED) is 0.818. The van der Waals surface area contributed by atoms with Crippen LogP contribution in [0.25, 0.3) is 0 Å². The Labute approximate surface area is 116 Å². The van der Waals surface area contributed by atoms with E-state index in [9.17, 15) is 4.79 Å². The zero-order valence-electron chi connectivity index (χ0n) is 10.3. The summed E-state index contributed by atoms with van der Waals surface area (Å²) >= 11 is 7.17. The van der Waals surface area contributed by atoms with Crippen LogP contribution in [0.4, 0.5) is 0 Å². The van der Waals surface area contributed by atoms with Gasteiger partial charge in [-0.15, -0.1) is 11.3 Å². The van der Waals surface area contributed by atoms with Gasteiger partial charge < -0.3 is 5.11 Å². The van der Waals surface area contributed by atoms with Crippen LogP contribution in [0, 0.1) is 0 Å². The van der Waals surface area contributed by atoms with Crippen LogP contribution >= 0.6 is 22.9 Å². The molecule has 1 heterocycles. The first-order valence-electron chi connectivity index (χ1n) is 6.34. The van der Waals surface area contributed by atoms with Crippen molar-refractivity contribution in [2.45, 2.75) is 31.7 Å². The van der Waals surface area contributed by atoms with Gasteiger partial charge in [-0.2, -0.15) is 0 Å². The molecule has 1 aliphatic carbocycles. The van der Waals surface area contributed by atoms with Gasteiger partial charge in [0.05, 0.1) is 22.4 Å². The summed E-state index contributed by atoms with van der Waals surface area (Å²) in [7, 11) is 0. The number of hydrogen-bond acceptors (Lipinski definition) is 4. The predicted octanol–water partition coefficient (Wildman–Crippen LogP) is 2.82. The third-order valence-corrected chi connectivity index (χ3v) is 4.70. The van der Waals surface area contributed by atoms with Crippen molar-refractivity contribution in [3.8, 4) is 0 Å². The minimum absolute atomic E-state index is 0.104. The number of halogens is 1. The van der Waals surface area contributed by atoms with Gasteiger partial charge in [0.1, 0.15) is 0 Å². The summed E-state index contributed by atoms with van der Waals surface area (Å²) in [6.07, 6.45) is 4.73. The SMILES string of the molecule is O=C(CN(CCO)C1CCCC1)c1ccc(Cl)s1. The molecule has 0 spiro atoms. The average molecular weight is 288 g/mol. The van der Waals surface area contributed by atoms with Crippen molar-refractivity contribution < 1.29 is 9.90 Å². The Bertz CT molecular complexity index is 401. The monoisotopic (exact) mass is 287 g/mol. The Morgan fingerprint density at radius 2 is 2.17 bits per heavy atom. The van der Waals surface area contributed by atoms with E-state index in [4.69, 9.17) is 16.7 Å². The van der Waals surface area contributed by atoms with Crippen LogP contribution in [0.5, 0.6) is 0 Å². The normalized spacial score (nSPS) is 16.6. The highest BCUT2D eigenvalue weighted by Crippen LogP contribution is 2.25. The van der Waals surface area contributed by atoms with E-state index in [1.807, 2.05) is 0 Å². The molecule has 5 heteroatoms. The second kappa shape index (κ2) is 6.66. The minimum atomic E-state index is 0.104. The zero-order chi connectivity index (χ0) is 13.0. The van der Waals surface area contributed by atoms with Gasteiger partial charge in [-0.3, -0.25) is 9.69 Å². The number of hydrogen-bond donors (Lipinski definition) is 1.